The Balaban J connectivity index is 4.33. The van der Waals surface area contributed by atoms with Gasteiger partial charge < -0.3 is 14.2 Å². The quantitative estimate of drug-likeness (QED) is 0.0347. The topological polar surface area (TPSA) is 78.9 Å². The van der Waals surface area contributed by atoms with E-state index in [1.54, 1.807) is 0 Å². The summed E-state index contributed by atoms with van der Waals surface area (Å²) >= 11 is 0. The van der Waals surface area contributed by atoms with Crippen LogP contribution in [-0.4, -0.2) is 37.2 Å². The number of hydrogen-bond donors (Lipinski definition) is 0. The molecular formula is C50H96O6. The van der Waals surface area contributed by atoms with Gasteiger partial charge in [-0.1, -0.05) is 234 Å². The predicted octanol–water partition coefficient (Wildman–Crippen LogP) is 15.8. The Morgan fingerprint density at radius 3 is 0.875 bits per heavy atom. The number of hydrogen-bond acceptors (Lipinski definition) is 6. The molecule has 0 aromatic rings. The Bertz CT molecular complexity index is 854. The van der Waals surface area contributed by atoms with E-state index in [0.717, 1.165) is 69.6 Å². The highest BCUT2D eigenvalue weighted by atomic mass is 16.6. The first kappa shape index (κ1) is 54.4. The maximum atomic E-state index is 12.7. The molecule has 0 rings (SSSR count). The molecule has 332 valence electrons. The van der Waals surface area contributed by atoms with Gasteiger partial charge in [-0.2, -0.15) is 0 Å². The largest absolute Gasteiger partial charge is 0.462 e. The maximum Gasteiger partial charge on any atom is 0.306 e. The van der Waals surface area contributed by atoms with Gasteiger partial charge >= 0.3 is 17.9 Å². The van der Waals surface area contributed by atoms with Crippen LogP contribution in [0.5, 0.6) is 0 Å². The van der Waals surface area contributed by atoms with E-state index in [1.165, 1.54) is 161 Å². The molecule has 0 N–H and O–H groups in total. The van der Waals surface area contributed by atoms with Crippen molar-refractivity contribution >= 4 is 17.9 Å². The van der Waals surface area contributed by atoms with Gasteiger partial charge in [-0.05, 0) is 31.1 Å². The molecule has 0 spiro atoms. The molecule has 6 heteroatoms. The van der Waals surface area contributed by atoms with Crippen LogP contribution < -0.4 is 0 Å². The SMILES string of the molecule is CCCCCCCCCCCCCCCC(=O)OC[C@@H](COC(=O)CCCCCCCCCCCC(C)C)OC(=O)CCCCCCCCCCCCC(C)C. The van der Waals surface area contributed by atoms with Crippen LogP contribution in [0.3, 0.4) is 0 Å². The molecule has 0 heterocycles. The molecule has 0 unspecified atom stereocenters. The minimum absolute atomic E-state index is 0.0642. The van der Waals surface area contributed by atoms with Crippen LogP contribution in [-0.2, 0) is 28.6 Å². The van der Waals surface area contributed by atoms with Gasteiger partial charge in [-0.15, -0.1) is 0 Å². The lowest BCUT2D eigenvalue weighted by Crippen LogP contribution is -2.30. The third-order valence-electron chi connectivity index (χ3n) is 11.2. The van der Waals surface area contributed by atoms with Crippen molar-refractivity contribution in [1.29, 1.82) is 0 Å². The van der Waals surface area contributed by atoms with Crippen molar-refractivity contribution in [3.63, 3.8) is 0 Å². The van der Waals surface area contributed by atoms with Crippen molar-refractivity contribution in [2.75, 3.05) is 13.2 Å². The molecule has 56 heavy (non-hydrogen) atoms. The molecule has 0 amide bonds. The number of carbonyl (C=O) groups excluding carboxylic acids is 3. The summed E-state index contributed by atoms with van der Waals surface area (Å²) in [5.41, 5.74) is 0. The molecule has 6 nitrogen and oxygen atoms in total. The zero-order chi connectivity index (χ0) is 41.2. The van der Waals surface area contributed by atoms with Crippen LogP contribution in [0.1, 0.15) is 272 Å². The highest BCUT2D eigenvalue weighted by Gasteiger charge is 2.19. The van der Waals surface area contributed by atoms with Crippen molar-refractivity contribution in [3.05, 3.63) is 0 Å². The molecular weight excluding hydrogens is 697 g/mol. The van der Waals surface area contributed by atoms with Gasteiger partial charge in [0.15, 0.2) is 6.10 Å². The summed E-state index contributed by atoms with van der Waals surface area (Å²) in [6, 6.07) is 0. The lowest BCUT2D eigenvalue weighted by molar-refractivity contribution is -0.167. The molecule has 1 atom stereocenters. The maximum absolute atomic E-state index is 12.7. The second-order valence-corrected chi connectivity index (χ2v) is 18.1. The van der Waals surface area contributed by atoms with E-state index in [4.69, 9.17) is 14.2 Å². The highest BCUT2D eigenvalue weighted by Crippen LogP contribution is 2.17. The van der Waals surface area contributed by atoms with Crippen LogP contribution in [0.15, 0.2) is 0 Å². The fraction of sp³-hybridized carbons (Fsp3) is 0.940. The summed E-state index contributed by atoms with van der Waals surface area (Å²) in [6.45, 7) is 11.3. The third kappa shape index (κ3) is 43.5. The van der Waals surface area contributed by atoms with Gasteiger partial charge in [0.05, 0.1) is 0 Å². The molecule has 0 saturated heterocycles. The molecule has 0 saturated carbocycles. The number of rotatable bonds is 44. The Labute approximate surface area is 348 Å². The first-order valence-corrected chi connectivity index (χ1v) is 24.7. The van der Waals surface area contributed by atoms with Gasteiger partial charge in [0.25, 0.3) is 0 Å². The lowest BCUT2D eigenvalue weighted by atomic mass is 10.0. The van der Waals surface area contributed by atoms with Crippen molar-refractivity contribution in [1.82, 2.24) is 0 Å². The molecule has 0 fully saturated rings. The summed E-state index contributed by atoms with van der Waals surface area (Å²) in [6.07, 6.45) is 42.3. The van der Waals surface area contributed by atoms with Crippen LogP contribution in [0, 0.1) is 11.8 Å². The Kier molecular flexibility index (Phi) is 41.8. The van der Waals surface area contributed by atoms with Crippen LogP contribution in [0.4, 0.5) is 0 Å². The van der Waals surface area contributed by atoms with E-state index < -0.39 is 6.10 Å². The molecule has 0 aromatic carbocycles. The van der Waals surface area contributed by atoms with Crippen LogP contribution in [0.2, 0.25) is 0 Å². The average Bonchev–Trinajstić information content (AvgIpc) is 3.16. The Morgan fingerprint density at radius 2 is 0.589 bits per heavy atom. The lowest BCUT2D eigenvalue weighted by Gasteiger charge is -2.18. The van der Waals surface area contributed by atoms with E-state index in [0.29, 0.717) is 19.3 Å². The molecule has 0 radical (unpaired) electrons. The zero-order valence-electron chi connectivity index (χ0n) is 38.3. The molecule has 0 bridgehead atoms. The smallest absolute Gasteiger partial charge is 0.306 e. The van der Waals surface area contributed by atoms with E-state index in [-0.39, 0.29) is 31.1 Å². The molecule has 0 aliphatic carbocycles. The highest BCUT2D eigenvalue weighted by molar-refractivity contribution is 5.71. The van der Waals surface area contributed by atoms with Crippen LogP contribution in [0.25, 0.3) is 0 Å². The van der Waals surface area contributed by atoms with Gasteiger partial charge in [0.1, 0.15) is 13.2 Å². The first-order valence-electron chi connectivity index (χ1n) is 24.7. The Morgan fingerprint density at radius 1 is 0.339 bits per heavy atom. The van der Waals surface area contributed by atoms with Crippen molar-refractivity contribution < 1.29 is 28.6 Å². The van der Waals surface area contributed by atoms with Crippen LogP contribution >= 0.6 is 0 Å². The predicted molar refractivity (Wildman–Crippen MR) is 238 cm³/mol. The standard InChI is InChI=1S/C50H96O6/c1-6-7-8-9-10-11-12-13-14-20-25-30-35-40-48(51)54-43-47(44-55-49(52)41-36-31-26-22-17-19-24-29-34-39-46(4)5)56-50(53)42-37-32-27-21-16-15-18-23-28-33-38-45(2)3/h45-47H,6-44H2,1-5H3/t47-/m0/s1. The zero-order valence-corrected chi connectivity index (χ0v) is 38.3. The summed E-state index contributed by atoms with van der Waals surface area (Å²) in [4.78, 5) is 37.8. The monoisotopic (exact) mass is 793 g/mol. The first-order chi connectivity index (χ1) is 27.2. The summed E-state index contributed by atoms with van der Waals surface area (Å²) in [7, 11) is 0. The number of carbonyl (C=O) groups is 3. The van der Waals surface area contributed by atoms with Gasteiger partial charge in [-0.25, -0.2) is 0 Å². The van der Waals surface area contributed by atoms with Crippen molar-refractivity contribution in [2.45, 2.75) is 278 Å². The van der Waals surface area contributed by atoms with Crippen molar-refractivity contribution in [2.24, 2.45) is 11.8 Å². The number of unbranched alkanes of at least 4 members (excludes halogenated alkanes) is 29. The van der Waals surface area contributed by atoms with E-state index >= 15 is 0 Å². The van der Waals surface area contributed by atoms with E-state index in [9.17, 15) is 14.4 Å². The normalized spacial score (nSPS) is 12.1. The number of ether oxygens (including phenoxy) is 3. The summed E-state index contributed by atoms with van der Waals surface area (Å²) < 4.78 is 16.8. The fourth-order valence-electron chi connectivity index (χ4n) is 7.46. The van der Waals surface area contributed by atoms with Gasteiger partial charge in [0, 0.05) is 19.3 Å². The molecule has 0 aromatic heterocycles. The third-order valence-corrected chi connectivity index (χ3v) is 11.2. The second kappa shape index (κ2) is 43.0. The molecule has 0 aliphatic heterocycles. The fourth-order valence-corrected chi connectivity index (χ4v) is 7.46. The van der Waals surface area contributed by atoms with E-state index in [2.05, 4.69) is 34.6 Å². The summed E-state index contributed by atoms with van der Waals surface area (Å²) in [5, 5.41) is 0. The average molecular weight is 793 g/mol. The minimum atomic E-state index is -0.761. The Hall–Kier alpha value is -1.59. The molecule has 0 aliphatic rings. The van der Waals surface area contributed by atoms with E-state index in [1.807, 2.05) is 0 Å². The van der Waals surface area contributed by atoms with Crippen molar-refractivity contribution in [3.8, 4) is 0 Å². The minimum Gasteiger partial charge on any atom is -0.462 e. The second-order valence-electron chi connectivity index (χ2n) is 18.1. The van der Waals surface area contributed by atoms with Gasteiger partial charge in [0.2, 0.25) is 0 Å². The summed E-state index contributed by atoms with van der Waals surface area (Å²) in [5.74, 6) is 0.772. The number of esters is 3. The van der Waals surface area contributed by atoms with Gasteiger partial charge in [-0.3, -0.25) is 14.4 Å².